The molecule has 4 unspecified atom stereocenters. The predicted octanol–water partition coefficient (Wildman–Crippen LogP) is 4.04. The molecule has 1 aliphatic rings. The highest BCUT2D eigenvalue weighted by Gasteiger charge is 2.39. The number of aliphatic hydroxyl groups excluding tert-OH is 1. The van der Waals surface area contributed by atoms with Crippen LogP contribution in [0.3, 0.4) is 0 Å². The van der Waals surface area contributed by atoms with Crippen LogP contribution in [0.4, 0.5) is 0 Å². The molecule has 1 N–H and O–H groups in total. The van der Waals surface area contributed by atoms with Crippen LogP contribution in [0.1, 0.15) is 79.1 Å². The van der Waals surface area contributed by atoms with Crippen LogP contribution in [0.5, 0.6) is 0 Å². The molecule has 27 heavy (non-hydrogen) atoms. The zero-order valence-electron chi connectivity index (χ0n) is 17.9. The number of ether oxygens (including phenoxy) is 5. The summed E-state index contributed by atoms with van der Waals surface area (Å²) in [7, 11) is 0. The van der Waals surface area contributed by atoms with Gasteiger partial charge in [-0.1, -0.05) is 33.1 Å². The quantitative estimate of drug-likeness (QED) is 0.299. The summed E-state index contributed by atoms with van der Waals surface area (Å²) in [4.78, 5) is 0. The van der Waals surface area contributed by atoms with Gasteiger partial charge in [0.1, 0.15) is 6.10 Å². The molecule has 6 heteroatoms. The molecule has 1 rings (SSSR count). The lowest BCUT2D eigenvalue weighted by Crippen LogP contribution is -2.31. The van der Waals surface area contributed by atoms with Crippen LogP contribution >= 0.6 is 0 Å². The molecule has 1 aliphatic heterocycles. The molecule has 0 amide bonds. The third-order valence-electron chi connectivity index (χ3n) is 4.78. The first-order valence-electron chi connectivity index (χ1n) is 10.8. The Hall–Kier alpha value is -0.240. The predicted molar refractivity (Wildman–Crippen MR) is 106 cm³/mol. The molecule has 1 fully saturated rings. The highest BCUT2D eigenvalue weighted by Crippen LogP contribution is 2.32. The summed E-state index contributed by atoms with van der Waals surface area (Å²) in [6, 6.07) is 0. The maximum Gasteiger partial charge on any atom is 0.168 e. The molecule has 0 aromatic heterocycles. The van der Waals surface area contributed by atoms with Crippen LogP contribution in [-0.4, -0.2) is 62.4 Å². The van der Waals surface area contributed by atoms with Crippen LogP contribution in [0.25, 0.3) is 0 Å². The van der Waals surface area contributed by atoms with Gasteiger partial charge in [-0.2, -0.15) is 0 Å². The van der Waals surface area contributed by atoms with Crippen molar-refractivity contribution in [2.24, 2.45) is 0 Å². The molecule has 0 saturated carbocycles. The summed E-state index contributed by atoms with van der Waals surface area (Å²) in [5, 5.41) is 9.09. The first-order valence-corrected chi connectivity index (χ1v) is 10.8. The fourth-order valence-electron chi connectivity index (χ4n) is 3.09. The van der Waals surface area contributed by atoms with E-state index in [0.717, 1.165) is 51.4 Å². The summed E-state index contributed by atoms with van der Waals surface area (Å²) in [5.41, 5.74) is 0. The highest BCUT2D eigenvalue weighted by atomic mass is 16.8. The molecule has 0 bridgehead atoms. The Labute approximate surface area is 165 Å². The summed E-state index contributed by atoms with van der Waals surface area (Å²) in [6.07, 6.45) is 7.75. The first kappa shape index (κ1) is 24.8. The average Bonchev–Trinajstić information content (AvgIpc) is 3.07. The van der Waals surface area contributed by atoms with Crippen molar-refractivity contribution < 1.29 is 28.8 Å². The molecule has 0 aromatic rings. The lowest BCUT2D eigenvalue weighted by atomic mass is 10.1. The number of hydrogen-bond acceptors (Lipinski definition) is 6. The smallest absolute Gasteiger partial charge is 0.168 e. The minimum Gasteiger partial charge on any atom is -0.391 e. The van der Waals surface area contributed by atoms with Crippen molar-refractivity contribution in [2.45, 2.75) is 103 Å². The van der Waals surface area contributed by atoms with E-state index < -0.39 is 5.79 Å². The third kappa shape index (κ3) is 11.4. The van der Waals surface area contributed by atoms with Gasteiger partial charge in [-0.05, 0) is 39.5 Å². The van der Waals surface area contributed by atoms with Gasteiger partial charge in [0.2, 0.25) is 0 Å². The standard InChI is InChI=1S/C21H42O6/c1-5-7-12-21(6-2)26-17-20(27-21)16-25-19(4)24-14-11-9-8-10-13-23-15-18(3)22/h18-20,22H,5-17H2,1-4H3. The van der Waals surface area contributed by atoms with Gasteiger partial charge in [0.15, 0.2) is 12.1 Å². The van der Waals surface area contributed by atoms with Crippen LogP contribution in [0, 0.1) is 0 Å². The second-order valence-electron chi connectivity index (χ2n) is 7.53. The van der Waals surface area contributed by atoms with E-state index in [1.165, 1.54) is 0 Å². The van der Waals surface area contributed by atoms with E-state index in [-0.39, 0.29) is 18.5 Å². The summed E-state index contributed by atoms with van der Waals surface area (Å²) >= 11 is 0. The van der Waals surface area contributed by atoms with Gasteiger partial charge in [0.05, 0.1) is 25.9 Å². The summed E-state index contributed by atoms with van der Waals surface area (Å²) in [5.74, 6) is -0.410. The Balaban J connectivity index is 1.99. The Morgan fingerprint density at radius 2 is 1.78 bits per heavy atom. The van der Waals surface area contributed by atoms with Gasteiger partial charge >= 0.3 is 0 Å². The van der Waals surface area contributed by atoms with Crippen LogP contribution < -0.4 is 0 Å². The van der Waals surface area contributed by atoms with E-state index in [1.54, 1.807) is 6.92 Å². The lowest BCUT2D eigenvalue weighted by Gasteiger charge is -2.26. The molecule has 4 atom stereocenters. The molecule has 6 nitrogen and oxygen atoms in total. The van der Waals surface area contributed by atoms with Crippen molar-refractivity contribution in [3.63, 3.8) is 0 Å². The van der Waals surface area contributed by atoms with Crippen molar-refractivity contribution in [1.82, 2.24) is 0 Å². The van der Waals surface area contributed by atoms with Gasteiger partial charge in [-0.15, -0.1) is 0 Å². The van der Waals surface area contributed by atoms with Crippen molar-refractivity contribution >= 4 is 0 Å². The molecule has 0 radical (unpaired) electrons. The molecule has 0 aliphatic carbocycles. The van der Waals surface area contributed by atoms with Crippen molar-refractivity contribution in [3.05, 3.63) is 0 Å². The van der Waals surface area contributed by atoms with Gasteiger partial charge in [0, 0.05) is 19.6 Å². The van der Waals surface area contributed by atoms with Crippen LogP contribution in [-0.2, 0) is 23.7 Å². The number of rotatable bonds is 17. The summed E-state index contributed by atoms with van der Waals surface area (Å²) < 4.78 is 28.9. The monoisotopic (exact) mass is 390 g/mol. The van der Waals surface area contributed by atoms with E-state index in [0.29, 0.717) is 33.0 Å². The number of aliphatic hydroxyl groups is 1. The van der Waals surface area contributed by atoms with E-state index in [9.17, 15) is 0 Å². The molecular formula is C21H42O6. The van der Waals surface area contributed by atoms with Crippen LogP contribution in [0.15, 0.2) is 0 Å². The topological polar surface area (TPSA) is 66.4 Å². The van der Waals surface area contributed by atoms with Crippen LogP contribution in [0.2, 0.25) is 0 Å². The molecular weight excluding hydrogens is 348 g/mol. The maximum absolute atomic E-state index is 9.09. The first-order chi connectivity index (χ1) is 13.0. The van der Waals surface area contributed by atoms with Gasteiger partial charge in [-0.3, -0.25) is 0 Å². The Morgan fingerprint density at radius 3 is 2.44 bits per heavy atom. The second-order valence-corrected chi connectivity index (χ2v) is 7.53. The second kappa shape index (κ2) is 14.7. The molecule has 0 spiro atoms. The molecule has 0 aromatic carbocycles. The molecule has 1 saturated heterocycles. The zero-order valence-corrected chi connectivity index (χ0v) is 17.9. The van der Waals surface area contributed by atoms with E-state index >= 15 is 0 Å². The van der Waals surface area contributed by atoms with Gasteiger partial charge < -0.3 is 28.8 Å². The number of unbranched alkanes of at least 4 members (excludes halogenated alkanes) is 4. The summed E-state index contributed by atoms with van der Waals surface area (Å²) in [6.45, 7) is 10.9. The maximum atomic E-state index is 9.09. The lowest BCUT2D eigenvalue weighted by molar-refractivity contribution is -0.193. The zero-order chi connectivity index (χ0) is 20.0. The molecule has 1 heterocycles. The van der Waals surface area contributed by atoms with E-state index in [4.69, 9.17) is 28.8 Å². The average molecular weight is 391 g/mol. The van der Waals surface area contributed by atoms with Gasteiger partial charge in [0.25, 0.3) is 0 Å². The Bertz CT molecular complexity index is 352. The minimum absolute atomic E-state index is 0.00510. The fourth-order valence-corrected chi connectivity index (χ4v) is 3.09. The number of hydrogen-bond donors (Lipinski definition) is 1. The Kier molecular flexibility index (Phi) is 13.5. The van der Waals surface area contributed by atoms with Crippen molar-refractivity contribution in [2.75, 3.05) is 33.0 Å². The van der Waals surface area contributed by atoms with Crippen molar-refractivity contribution in [1.29, 1.82) is 0 Å². The van der Waals surface area contributed by atoms with Gasteiger partial charge in [-0.25, -0.2) is 0 Å². The van der Waals surface area contributed by atoms with E-state index in [2.05, 4.69) is 13.8 Å². The van der Waals surface area contributed by atoms with E-state index in [1.807, 2.05) is 6.92 Å². The third-order valence-corrected chi connectivity index (χ3v) is 4.78. The minimum atomic E-state index is -0.410. The fraction of sp³-hybridized carbons (Fsp3) is 1.00. The molecule has 162 valence electrons. The highest BCUT2D eigenvalue weighted by molar-refractivity contribution is 4.78. The van der Waals surface area contributed by atoms with Crippen molar-refractivity contribution in [3.8, 4) is 0 Å². The largest absolute Gasteiger partial charge is 0.391 e. The SMILES string of the molecule is CCCCC1(CC)OCC(COC(C)OCCCCCCOCC(C)O)O1. The normalized spacial score (nSPS) is 25.0. The Morgan fingerprint density at radius 1 is 1.04 bits per heavy atom.